The van der Waals surface area contributed by atoms with E-state index in [-0.39, 0.29) is 112 Å². The quantitative estimate of drug-likeness (QED) is 0.0430. The molecule has 0 aromatic heterocycles. The number of hydrogen-bond acceptors (Lipinski definition) is 8. The third kappa shape index (κ3) is 98.0. The van der Waals surface area contributed by atoms with Crippen LogP contribution in [0.3, 0.4) is 0 Å². The van der Waals surface area contributed by atoms with Gasteiger partial charge in [0.2, 0.25) is 0 Å². The molecule has 70 heavy (non-hydrogen) atoms. The average molecular weight is 1140 g/mol. The van der Waals surface area contributed by atoms with Crippen LogP contribution in [0.25, 0.3) is 0 Å². The van der Waals surface area contributed by atoms with Crippen LogP contribution >= 0.6 is 0 Å². The summed E-state index contributed by atoms with van der Waals surface area (Å²) in [6, 6.07) is 0. The molecule has 0 bridgehead atoms. The van der Waals surface area contributed by atoms with Gasteiger partial charge in [-0.1, -0.05) is 310 Å². The smallest absolute Gasteiger partial charge is 0.550 e. The van der Waals surface area contributed by atoms with Crippen molar-refractivity contribution < 1.29 is 39.6 Å². The first kappa shape index (κ1) is 82.1. The number of unbranched alkanes of at least 4 members (excludes halogenated alkanes) is 44. The van der Waals surface area contributed by atoms with Gasteiger partial charge in [0.05, 0.1) is 0 Å². The molecule has 10 heteroatoms. The van der Waals surface area contributed by atoms with Crippen LogP contribution in [-0.2, 0) is 19.2 Å². The molecule has 0 aromatic rings. The van der Waals surface area contributed by atoms with E-state index < -0.39 is 23.9 Å². The van der Waals surface area contributed by atoms with Crippen molar-refractivity contribution in [3.63, 3.8) is 0 Å². The second-order valence-electron chi connectivity index (χ2n) is 20.0. The molecule has 0 heterocycles. The normalized spacial score (nSPS) is 10.3. The Bertz CT molecular complexity index is 908. The first-order valence-corrected chi connectivity index (χ1v) is 29.9. The second-order valence-corrected chi connectivity index (χ2v) is 20.0. The molecule has 0 N–H and O–H groups in total. The van der Waals surface area contributed by atoms with Gasteiger partial charge >= 0.3 is 86.6 Å². The van der Waals surface area contributed by atoms with E-state index >= 15 is 0 Å². The van der Waals surface area contributed by atoms with Crippen molar-refractivity contribution >= 4 is 110 Å². The van der Waals surface area contributed by atoms with Gasteiger partial charge in [-0.05, 0) is 51.4 Å². The number of carbonyl (C=O) groups is 4. The van der Waals surface area contributed by atoms with Crippen molar-refractivity contribution in [1.82, 2.24) is 0 Å². The molecule has 0 aliphatic heterocycles. The summed E-state index contributed by atoms with van der Waals surface area (Å²) in [5.41, 5.74) is 0. The van der Waals surface area contributed by atoms with Gasteiger partial charge in [0, 0.05) is 23.9 Å². The minimum absolute atomic E-state index is 0. The van der Waals surface area contributed by atoms with Gasteiger partial charge in [0.15, 0.2) is 0 Å². The van der Waals surface area contributed by atoms with E-state index in [1.807, 2.05) is 0 Å². The van der Waals surface area contributed by atoms with Crippen molar-refractivity contribution in [3.05, 3.63) is 0 Å². The van der Waals surface area contributed by atoms with Crippen LogP contribution in [0.5, 0.6) is 0 Å². The van der Waals surface area contributed by atoms with Crippen LogP contribution in [0.15, 0.2) is 0 Å². The Morgan fingerprint density at radius 1 is 0.200 bits per heavy atom. The number of carboxylic acid groups (broad SMARTS) is 4. The minimum Gasteiger partial charge on any atom is -0.550 e. The van der Waals surface area contributed by atoms with E-state index in [0.717, 1.165) is 51.4 Å². The monoisotopic (exact) mass is 1140 g/mol. The Labute approximate surface area is 506 Å². The molecule has 0 radical (unpaired) electrons. The number of carboxylic acids is 4. The van der Waals surface area contributed by atoms with E-state index in [0.29, 0.717) is 0 Å². The second kappa shape index (κ2) is 78.6. The van der Waals surface area contributed by atoms with E-state index in [1.54, 1.807) is 0 Å². The fraction of sp³-hybridized carbons (Fsp3) is 0.933. The Kier molecular flexibility index (Phi) is 92.1. The number of aliphatic carboxylic acids is 4. The first-order chi connectivity index (χ1) is 33.1. The number of carbonyl (C=O) groups excluding carboxylic acids is 4. The van der Waals surface area contributed by atoms with Gasteiger partial charge < -0.3 is 39.6 Å². The molecule has 0 spiro atoms. The topological polar surface area (TPSA) is 161 Å². The molecular formula is C60H116BaCaO8. The van der Waals surface area contributed by atoms with E-state index in [9.17, 15) is 39.6 Å². The molecule has 0 amide bonds. The van der Waals surface area contributed by atoms with Crippen LogP contribution in [-0.4, -0.2) is 110 Å². The van der Waals surface area contributed by atoms with Crippen molar-refractivity contribution in [2.45, 2.75) is 362 Å². The maximum atomic E-state index is 10.2. The molecule has 0 atom stereocenters. The molecule has 0 aliphatic carbocycles. The maximum absolute atomic E-state index is 10.2. The predicted molar refractivity (Wildman–Crippen MR) is 294 cm³/mol. The van der Waals surface area contributed by atoms with Gasteiger partial charge in [-0.15, -0.1) is 0 Å². The van der Waals surface area contributed by atoms with Gasteiger partial charge in [-0.25, -0.2) is 0 Å². The summed E-state index contributed by atoms with van der Waals surface area (Å²) in [7, 11) is 0. The first-order valence-electron chi connectivity index (χ1n) is 29.9. The molecule has 8 nitrogen and oxygen atoms in total. The minimum atomic E-state index is -0.909. The van der Waals surface area contributed by atoms with Gasteiger partial charge in [0.1, 0.15) is 0 Å². The van der Waals surface area contributed by atoms with Crippen LogP contribution in [0.1, 0.15) is 362 Å². The van der Waals surface area contributed by atoms with Gasteiger partial charge in [0.25, 0.3) is 0 Å². The Morgan fingerprint density at radius 3 is 0.371 bits per heavy atom. The zero-order chi connectivity index (χ0) is 51.1. The third-order valence-corrected chi connectivity index (χ3v) is 12.9. The summed E-state index contributed by atoms with van der Waals surface area (Å²) in [5.74, 6) is -3.62. The number of hydrogen-bond donors (Lipinski definition) is 0. The van der Waals surface area contributed by atoms with Crippen molar-refractivity contribution in [1.29, 1.82) is 0 Å². The predicted octanol–water partition coefficient (Wildman–Crippen LogP) is 14.5. The maximum Gasteiger partial charge on any atom is 2.00 e. The molecule has 0 aromatic carbocycles. The number of rotatable bonds is 52. The third-order valence-electron chi connectivity index (χ3n) is 12.9. The summed E-state index contributed by atoms with van der Waals surface area (Å²) in [6.07, 6.45) is 62.0. The molecule has 0 saturated heterocycles. The van der Waals surface area contributed by atoms with Crippen LogP contribution < -0.4 is 20.4 Å². The summed E-state index contributed by atoms with van der Waals surface area (Å²) < 4.78 is 0. The van der Waals surface area contributed by atoms with Crippen LogP contribution in [0.4, 0.5) is 0 Å². The standard InChI is InChI=1S/2C18H36O2.2C12H24O2.Ba.Ca/c2*1-2-3-4-5-6-7-8-9-10-11-12-13-14-15-16-17-18(19)20;2*1-2-3-4-5-6-7-8-9-10-11-12(13)14;;/h2*2-17H2,1H3,(H,19,20);2*2-11H2,1H3,(H,13,14);;/q;;;;2*+2/p-4. The van der Waals surface area contributed by atoms with E-state index in [2.05, 4.69) is 27.7 Å². The zero-order valence-electron chi connectivity index (χ0n) is 47.4. The molecule has 408 valence electrons. The van der Waals surface area contributed by atoms with Gasteiger partial charge in [-0.2, -0.15) is 0 Å². The molecule has 0 saturated carbocycles. The van der Waals surface area contributed by atoms with Gasteiger partial charge in [-0.3, -0.25) is 0 Å². The molecule has 0 fully saturated rings. The van der Waals surface area contributed by atoms with E-state index in [1.165, 1.54) is 257 Å². The van der Waals surface area contributed by atoms with Crippen molar-refractivity contribution in [2.24, 2.45) is 0 Å². The summed E-state index contributed by atoms with van der Waals surface area (Å²) in [4.78, 5) is 40.6. The largest absolute Gasteiger partial charge is 2.00 e. The van der Waals surface area contributed by atoms with Crippen molar-refractivity contribution in [2.75, 3.05) is 0 Å². The summed E-state index contributed by atoms with van der Waals surface area (Å²) in [6.45, 7) is 8.98. The Hall–Kier alpha value is 0.711. The van der Waals surface area contributed by atoms with Crippen LogP contribution in [0.2, 0.25) is 0 Å². The zero-order valence-corrected chi connectivity index (χ0v) is 54.1. The summed E-state index contributed by atoms with van der Waals surface area (Å²) >= 11 is 0. The SMILES string of the molecule is CCCCCCCCCCCC(=O)[O-].CCCCCCCCCCCC(=O)[O-].CCCCCCCCCCCCCCCCCC(=O)[O-].CCCCCCCCCCCCCCCCCC(=O)[O-].[Ba+2].[Ca+2]. The molecule has 0 aliphatic rings. The fourth-order valence-electron chi connectivity index (χ4n) is 8.44. The van der Waals surface area contributed by atoms with Crippen LogP contribution in [0, 0.1) is 0 Å². The fourth-order valence-corrected chi connectivity index (χ4v) is 8.44. The average Bonchev–Trinajstić information content (AvgIpc) is 3.30. The Morgan fingerprint density at radius 2 is 0.286 bits per heavy atom. The molecular weight excluding hydrogens is 1030 g/mol. The summed E-state index contributed by atoms with van der Waals surface area (Å²) in [5, 5.41) is 40.6. The molecule has 0 rings (SSSR count). The van der Waals surface area contributed by atoms with Crippen molar-refractivity contribution in [3.8, 4) is 0 Å². The van der Waals surface area contributed by atoms with E-state index in [4.69, 9.17) is 0 Å². The Balaban J connectivity index is -0.000000196. The molecule has 0 unspecified atom stereocenters.